The normalized spacial score (nSPS) is 10.8. The molecule has 9 heteroatoms. The van der Waals surface area contributed by atoms with Gasteiger partial charge in [0, 0.05) is 22.6 Å². The van der Waals surface area contributed by atoms with Gasteiger partial charge in [-0.05, 0) is 78.4 Å². The van der Waals surface area contributed by atoms with Crippen molar-refractivity contribution in [1.29, 1.82) is 0 Å². The third kappa shape index (κ3) is 5.54. The summed E-state index contributed by atoms with van der Waals surface area (Å²) in [5, 5.41) is 13.8. The SMILES string of the molecule is COc1ccc(C=Nc2n[nH]c(Nc3ccc(OC)cc3)c2C(=O)Nc2ccc(Cl)cc2)cc1. The first-order chi connectivity index (χ1) is 16.6. The predicted molar refractivity (Wildman–Crippen MR) is 135 cm³/mol. The largest absolute Gasteiger partial charge is 0.497 e. The quantitative estimate of drug-likeness (QED) is 0.278. The summed E-state index contributed by atoms with van der Waals surface area (Å²) in [6.07, 6.45) is 1.63. The van der Waals surface area contributed by atoms with Gasteiger partial charge in [-0.3, -0.25) is 9.89 Å². The van der Waals surface area contributed by atoms with Crippen molar-refractivity contribution < 1.29 is 14.3 Å². The Balaban J connectivity index is 1.64. The third-order valence-electron chi connectivity index (χ3n) is 4.89. The standard InChI is InChI=1S/C25H22ClN5O3/c1-33-20-11-3-16(4-12-20)15-27-23-22(25(32)29-19-7-5-17(26)6-8-19)24(31-30-23)28-18-9-13-21(34-2)14-10-18/h3-15H,1-2H3,(H,29,32)(H2,28,30,31). The van der Waals surface area contributed by atoms with Crippen LogP contribution >= 0.6 is 11.6 Å². The maximum atomic E-state index is 13.2. The first-order valence-electron chi connectivity index (χ1n) is 10.3. The lowest BCUT2D eigenvalue weighted by Crippen LogP contribution is -2.13. The fraction of sp³-hybridized carbons (Fsp3) is 0.0800. The molecule has 172 valence electrons. The van der Waals surface area contributed by atoms with Crippen molar-refractivity contribution in [3.05, 3.63) is 88.9 Å². The van der Waals surface area contributed by atoms with Crippen LogP contribution < -0.4 is 20.1 Å². The number of carbonyl (C=O) groups is 1. The average Bonchev–Trinajstić information content (AvgIpc) is 3.27. The molecule has 3 N–H and O–H groups in total. The lowest BCUT2D eigenvalue weighted by molar-refractivity contribution is 0.102. The van der Waals surface area contributed by atoms with Gasteiger partial charge in [0.1, 0.15) is 22.9 Å². The van der Waals surface area contributed by atoms with E-state index < -0.39 is 0 Å². The van der Waals surface area contributed by atoms with E-state index in [0.717, 1.165) is 22.7 Å². The molecule has 1 aromatic heterocycles. The number of aliphatic imine (C=N–C) groups is 1. The van der Waals surface area contributed by atoms with Crippen molar-refractivity contribution in [2.24, 2.45) is 4.99 Å². The number of ether oxygens (including phenoxy) is 2. The number of H-pyrrole nitrogens is 1. The van der Waals surface area contributed by atoms with Crippen LogP contribution in [0.25, 0.3) is 0 Å². The summed E-state index contributed by atoms with van der Waals surface area (Å²) in [6, 6.07) is 21.5. The Bertz CT molecular complexity index is 1280. The van der Waals surface area contributed by atoms with Crippen molar-refractivity contribution in [2.75, 3.05) is 24.9 Å². The second-order valence-electron chi connectivity index (χ2n) is 7.14. The number of aromatic amines is 1. The molecule has 0 saturated carbocycles. The molecule has 1 heterocycles. The summed E-state index contributed by atoms with van der Waals surface area (Å²) in [5.74, 6) is 1.72. The Morgan fingerprint density at radius 1 is 0.912 bits per heavy atom. The van der Waals surface area contributed by atoms with E-state index in [0.29, 0.717) is 16.5 Å². The van der Waals surface area contributed by atoms with Gasteiger partial charge in [0.05, 0.1) is 14.2 Å². The van der Waals surface area contributed by atoms with Gasteiger partial charge in [-0.2, -0.15) is 5.10 Å². The maximum absolute atomic E-state index is 13.2. The van der Waals surface area contributed by atoms with E-state index in [2.05, 4.69) is 25.8 Å². The molecule has 8 nitrogen and oxygen atoms in total. The molecule has 0 saturated heterocycles. The summed E-state index contributed by atoms with van der Waals surface area (Å²) >= 11 is 5.95. The highest BCUT2D eigenvalue weighted by Crippen LogP contribution is 2.29. The van der Waals surface area contributed by atoms with Gasteiger partial charge < -0.3 is 20.1 Å². The lowest BCUT2D eigenvalue weighted by Gasteiger charge is -2.09. The zero-order valence-corrected chi connectivity index (χ0v) is 19.3. The molecule has 4 rings (SSSR count). The number of benzene rings is 3. The van der Waals surface area contributed by atoms with Crippen molar-refractivity contribution >= 4 is 46.7 Å². The van der Waals surface area contributed by atoms with E-state index in [1.807, 2.05) is 48.5 Å². The van der Waals surface area contributed by atoms with E-state index in [1.165, 1.54) is 0 Å². The molecule has 4 aromatic rings. The predicted octanol–water partition coefficient (Wildman–Crippen LogP) is 5.83. The summed E-state index contributed by atoms with van der Waals surface area (Å²) in [7, 11) is 3.21. The maximum Gasteiger partial charge on any atom is 0.263 e. The van der Waals surface area contributed by atoms with Gasteiger partial charge in [-0.1, -0.05) is 11.6 Å². The van der Waals surface area contributed by atoms with Crippen LogP contribution in [0.1, 0.15) is 15.9 Å². The van der Waals surface area contributed by atoms with Gasteiger partial charge >= 0.3 is 0 Å². The second kappa shape index (κ2) is 10.5. The lowest BCUT2D eigenvalue weighted by atomic mass is 10.2. The van der Waals surface area contributed by atoms with Crippen LogP contribution in [-0.4, -0.2) is 36.5 Å². The van der Waals surface area contributed by atoms with Crippen LogP contribution in [0.5, 0.6) is 11.5 Å². The molecule has 0 fully saturated rings. The van der Waals surface area contributed by atoms with E-state index in [1.54, 1.807) is 44.7 Å². The number of rotatable bonds is 8. The van der Waals surface area contributed by atoms with Gasteiger partial charge in [0.2, 0.25) is 0 Å². The monoisotopic (exact) mass is 475 g/mol. The Morgan fingerprint density at radius 3 is 2.12 bits per heavy atom. The topological polar surface area (TPSA) is 101 Å². The molecule has 0 radical (unpaired) electrons. The number of nitrogens with zero attached hydrogens (tertiary/aromatic N) is 2. The van der Waals surface area contributed by atoms with Gasteiger partial charge in [0.15, 0.2) is 5.82 Å². The van der Waals surface area contributed by atoms with Crippen molar-refractivity contribution in [2.45, 2.75) is 0 Å². The number of aromatic nitrogens is 2. The smallest absolute Gasteiger partial charge is 0.263 e. The first kappa shape index (κ1) is 22.9. The van der Waals surface area contributed by atoms with Gasteiger partial charge in [-0.15, -0.1) is 0 Å². The fourth-order valence-corrected chi connectivity index (χ4v) is 3.23. The molecule has 0 unspecified atom stereocenters. The number of hydrogen-bond donors (Lipinski definition) is 3. The van der Waals surface area contributed by atoms with E-state index >= 15 is 0 Å². The molecule has 0 aliphatic heterocycles. The number of methoxy groups -OCH3 is 2. The number of anilines is 3. The first-order valence-corrected chi connectivity index (χ1v) is 10.7. The zero-order chi connectivity index (χ0) is 23.9. The Morgan fingerprint density at radius 2 is 1.50 bits per heavy atom. The summed E-state index contributed by atoms with van der Waals surface area (Å²) in [5.41, 5.74) is 2.43. The van der Waals surface area contributed by atoms with Crippen LogP contribution in [0, 0.1) is 0 Å². The van der Waals surface area contributed by atoms with Crippen molar-refractivity contribution in [3.8, 4) is 11.5 Å². The average molecular weight is 476 g/mol. The highest BCUT2D eigenvalue weighted by atomic mass is 35.5. The summed E-state index contributed by atoms with van der Waals surface area (Å²) < 4.78 is 10.4. The summed E-state index contributed by atoms with van der Waals surface area (Å²) in [4.78, 5) is 17.7. The minimum atomic E-state index is -0.381. The zero-order valence-electron chi connectivity index (χ0n) is 18.5. The van der Waals surface area contributed by atoms with Crippen LogP contribution in [0.15, 0.2) is 77.8 Å². The van der Waals surface area contributed by atoms with E-state index in [-0.39, 0.29) is 17.3 Å². The number of hydrogen-bond acceptors (Lipinski definition) is 6. The van der Waals surface area contributed by atoms with Crippen LogP contribution in [0.4, 0.5) is 23.0 Å². The number of amides is 1. The molecule has 0 atom stereocenters. The van der Waals surface area contributed by atoms with Gasteiger partial charge in [0.25, 0.3) is 5.91 Å². The highest BCUT2D eigenvalue weighted by molar-refractivity contribution is 6.30. The Labute approximate surface area is 201 Å². The molecule has 0 aliphatic rings. The molecule has 0 aliphatic carbocycles. The van der Waals surface area contributed by atoms with Crippen molar-refractivity contribution in [3.63, 3.8) is 0 Å². The van der Waals surface area contributed by atoms with Crippen LogP contribution in [0.3, 0.4) is 0 Å². The van der Waals surface area contributed by atoms with Crippen molar-refractivity contribution in [1.82, 2.24) is 10.2 Å². The molecule has 1 amide bonds. The Hall–Kier alpha value is -4.30. The number of carbonyl (C=O) groups excluding carboxylic acids is 1. The van der Waals surface area contributed by atoms with Crippen LogP contribution in [0.2, 0.25) is 5.02 Å². The highest BCUT2D eigenvalue weighted by Gasteiger charge is 2.21. The van der Waals surface area contributed by atoms with E-state index in [9.17, 15) is 4.79 Å². The number of nitrogens with one attached hydrogen (secondary N) is 3. The molecule has 3 aromatic carbocycles. The molecule has 0 bridgehead atoms. The summed E-state index contributed by atoms with van der Waals surface area (Å²) in [6.45, 7) is 0. The number of halogens is 1. The molecular formula is C25H22ClN5O3. The fourth-order valence-electron chi connectivity index (χ4n) is 3.10. The second-order valence-corrected chi connectivity index (χ2v) is 7.58. The molecule has 34 heavy (non-hydrogen) atoms. The molecular weight excluding hydrogens is 454 g/mol. The Kier molecular flexibility index (Phi) is 7.10. The van der Waals surface area contributed by atoms with Gasteiger partial charge in [-0.25, -0.2) is 4.99 Å². The van der Waals surface area contributed by atoms with Crippen LogP contribution in [-0.2, 0) is 0 Å². The van der Waals surface area contributed by atoms with E-state index in [4.69, 9.17) is 21.1 Å². The minimum absolute atomic E-state index is 0.235. The third-order valence-corrected chi connectivity index (χ3v) is 5.14. The minimum Gasteiger partial charge on any atom is -0.497 e. The molecule has 0 spiro atoms.